The van der Waals surface area contributed by atoms with E-state index >= 15 is 0 Å². The fraction of sp³-hybridized carbons (Fsp3) is 0.0909. The van der Waals surface area contributed by atoms with Crippen molar-refractivity contribution in [2.45, 2.75) is 0 Å². The monoisotopic (exact) mass is 225 g/mol. The SMILES string of the molecule is F[B-](F)(F)COc1ccc2ccccc2c1. The van der Waals surface area contributed by atoms with E-state index in [1.165, 1.54) is 0 Å². The first-order valence-electron chi connectivity index (χ1n) is 4.87. The molecule has 1 nitrogen and oxygen atoms in total. The molecule has 5 heteroatoms. The van der Waals surface area contributed by atoms with E-state index in [0.29, 0.717) is 0 Å². The van der Waals surface area contributed by atoms with Crippen LogP contribution in [-0.4, -0.2) is 13.5 Å². The van der Waals surface area contributed by atoms with Crippen LogP contribution in [0.15, 0.2) is 42.5 Å². The Kier molecular flexibility index (Phi) is 2.77. The lowest BCUT2D eigenvalue weighted by molar-refractivity contribution is 0.313. The fourth-order valence-electron chi connectivity index (χ4n) is 1.45. The standard InChI is InChI=1S/C11H9BF3O/c13-12(14,15)8-16-11-6-5-9-3-1-2-4-10(9)7-11/h1-7H,8H2/q-1. The van der Waals surface area contributed by atoms with Crippen molar-refractivity contribution < 1.29 is 17.7 Å². The summed E-state index contributed by atoms with van der Waals surface area (Å²) in [7, 11) is 0. The molecule has 0 atom stereocenters. The summed E-state index contributed by atoms with van der Waals surface area (Å²) in [6, 6.07) is 12.3. The molecule has 2 aromatic rings. The van der Waals surface area contributed by atoms with Crippen LogP contribution in [0.3, 0.4) is 0 Å². The van der Waals surface area contributed by atoms with Gasteiger partial charge < -0.3 is 17.7 Å². The molecule has 0 aliphatic carbocycles. The molecule has 0 amide bonds. The molecular weight excluding hydrogens is 216 g/mol. The fourth-order valence-corrected chi connectivity index (χ4v) is 1.45. The van der Waals surface area contributed by atoms with Crippen molar-refractivity contribution in [3.8, 4) is 5.75 Å². The lowest BCUT2D eigenvalue weighted by Crippen LogP contribution is -2.26. The number of benzene rings is 2. The number of halogens is 3. The highest BCUT2D eigenvalue weighted by Gasteiger charge is 2.24. The predicted molar refractivity (Wildman–Crippen MR) is 58.5 cm³/mol. The van der Waals surface area contributed by atoms with Crippen LogP contribution in [0, 0.1) is 0 Å². The zero-order valence-electron chi connectivity index (χ0n) is 8.37. The van der Waals surface area contributed by atoms with Gasteiger partial charge >= 0.3 is 6.98 Å². The maximum Gasteiger partial charge on any atom is 0.515 e. The summed E-state index contributed by atoms with van der Waals surface area (Å²) in [5, 5.41) is 1.85. The Labute approximate surface area is 90.9 Å². The molecule has 0 heterocycles. The molecule has 0 spiro atoms. The van der Waals surface area contributed by atoms with Crippen molar-refractivity contribution in [2.24, 2.45) is 0 Å². The Bertz CT molecular complexity index is 496. The summed E-state index contributed by atoms with van der Waals surface area (Å²) in [4.78, 5) is 0. The van der Waals surface area contributed by atoms with Gasteiger partial charge in [-0.25, -0.2) is 0 Å². The molecule has 0 saturated heterocycles. The van der Waals surface area contributed by atoms with Crippen LogP contribution in [0.5, 0.6) is 5.75 Å². The third kappa shape index (κ3) is 2.69. The van der Waals surface area contributed by atoms with Gasteiger partial charge in [0.15, 0.2) is 0 Å². The van der Waals surface area contributed by atoms with Gasteiger partial charge in [0.1, 0.15) is 5.75 Å². The Hall–Kier alpha value is -1.65. The normalized spacial score (nSPS) is 11.7. The molecule has 0 saturated carbocycles. The Balaban J connectivity index is 2.20. The summed E-state index contributed by atoms with van der Waals surface area (Å²) in [5.74, 6) is 0.248. The Morgan fingerprint density at radius 1 is 0.938 bits per heavy atom. The van der Waals surface area contributed by atoms with Crippen molar-refractivity contribution in [1.82, 2.24) is 0 Å². The lowest BCUT2D eigenvalue weighted by atomic mass is 9.95. The molecule has 0 aliphatic rings. The summed E-state index contributed by atoms with van der Waals surface area (Å²) < 4.78 is 40.7. The third-order valence-corrected chi connectivity index (χ3v) is 2.16. The van der Waals surface area contributed by atoms with Crippen LogP contribution in [0.4, 0.5) is 12.9 Å². The quantitative estimate of drug-likeness (QED) is 0.725. The van der Waals surface area contributed by atoms with Gasteiger partial charge in [-0.1, -0.05) is 30.3 Å². The van der Waals surface area contributed by atoms with Crippen molar-refractivity contribution in [1.29, 1.82) is 0 Å². The topological polar surface area (TPSA) is 9.23 Å². The third-order valence-electron chi connectivity index (χ3n) is 2.16. The minimum atomic E-state index is -4.90. The summed E-state index contributed by atoms with van der Waals surface area (Å²) >= 11 is 0. The molecule has 84 valence electrons. The number of ether oxygens (including phenoxy) is 1. The maximum absolute atomic E-state index is 12.0. The van der Waals surface area contributed by atoms with Crippen molar-refractivity contribution in [3.05, 3.63) is 42.5 Å². The molecule has 0 radical (unpaired) electrons. The largest absolute Gasteiger partial charge is 0.522 e. The van der Waals surface area contributed by atoms with Gasteiger partial charge in [0.25, 0.3) is 0 Å². The van der Waals surface area contributed by atoms with E-state index in [2.05, 4.69) is 4.74 Å². The number of fused-ring (bicyclic) bond motifs is 1. The van der Waals surface area contributed by atoms with Crippen LogP contribution in [-0.2, 0) is 0 Å². The first-order chi connectivity index (χ1) is 7.54. The van der Waals surface area contributed by atoms with Crippen molar-refractivity contribution >= 4 is 17.7 Å². The van der Waals surface area contributed by atoms with Gasteiger partial charge in [-0.05, 0) is 22.9 Å². The number of rotatable bonds is 3. The molecule has 0 fully saturated rings. The Morgan fingerprint density at radius 3 is 2.31 bits per heavy atom. The molecule has 0 aromatic heterocycles. The molecule has 2 aromatic carbocycles. The summed E-state index contributed by atoms with van der Waals surface area (Å²) in [6.45, 7) is -6.09. The van der Waals surface area contributed by atoms with Gasteiger partial charge in [0.2, 0.25) is 0 Å². The Morgan fingerprint density at radius 2 is 1.62 bits per heavy atom. The second kappa shape index (κ2) is 4.08. The first kappa shape index (κ1) is 10.9. The van der Waals surface area contributed by atoms with Crippen LogP contribution >= 0.6 is 0 Å². The zero-order valence-corrected chi connectivity index (χ0v) is 8.37. The van der Waals surface area contributed by atoms with Gasteiger partial charge in [-0.15, -0.1) is 0 Å². The molecule has 0 unspecified atom stereocenters. The van der Waals surface area contributed by atoms with E-state index in [9.17, 15) is 12.9 Å². The maximum atomic E-state index is 12.0. The molecule has 0 N–H and O–H groups in total. The second-order valence-electron chi connectivity index (χ2n) is 3.53. The molecule has 2 rings (SSSR count). The zero-order chi connectivity index (χ0) is 11.6. The molecule has 0 aliphatic heterocycles. The van der Waals surface area contributed by atoms with Gasteiger partial charge in [-0.2, -0.15) is 0 Å². The highest BCUT2D eigenvalue weighted by atomic mass is 19.4. The van der Waals surface area contributed by atoms with Crippen LogP contribution in [0.2, 0.25) is 0 Å². The number of hydrogen-bond acceptors (Lipinski definition) is 1. The van der Waals surface area contributed by atoms with E-state index in [0.717, 1.165) is 10.8 Å². The van der Waals surface area contributed by atoms with E-state index in [1.54, 1.807) is 18.2 Å². The molecule has 16 heavy (non-hydrogen) atoms. The summed E-state index contributed by atoms with van der Waals surface area (Å²) in [5.41, 5.74) is 0. The minimum absolute atomic E-state index is 0.248. The minimum Gasteiger partial charge on any atom is -0.522 e. The van der Waals surface area contributed by atoms with Crippen LogP contribution in [0.25, 0.3) is 10.8 Å². The van der Waals surface area contributed by atoms with E-state index in [4.69, 9.17) is 0 Å². The van der Waals surface area contributed by atoms with Gasteiger partial charge in [-0.3, -0.25) is 0 Å². The predicted octanol–water partition coefficient (Wildman–Crippen LogP) is 3.61. The van der Waals surface area contributed by atoms with E-state index in [1.807, 2.05) is 24.3 Å². The van der Waals surface area contributed by atoms with E-state index < -0.39 is 13.5 Å². The first-order valence-corrected chi connectivity index (χ1v) is 4.87. The van der Waals surface area contributed by atoms with E-state index in [-0.39, 0.29) is 5.75 Å². The van der Waals surface area contributed by atoms with Crippen LogP contribution < -0.4 is 4.74 Å². The highest BCUT2D eigenvalue weighted by molar-refractivity contribution is 6.58. The van der Waals surface area contributed by atoms with Gasteiger partial charge in [0, 0.05) is 0 Å². The van der Waals surface area contributed by atoms with Crippen molar-refractivity contribution in [2.75, 3.05) is 6.51 Å². The van der Waals surface area contributed by atoms with Crippen molar-refractivity contribution in [3.63, 3.8) is 0 Å². The smallest absolute Gasteiger partial charge is 0.515 e. The molecule has 0 bridgehead atoms. The second-order valence-corrected chi connectivity index (χ2v) is 3.53. The molecular formula is C11H9BF3O-. The highest BCUT2D eigenvalue weighted by Crippen LogP contribution is 2.21. The summed E-state index contributed by atoms with van der Waals surface area (Å²) in [6.07, 6.45) is 0. The van der Waals surface area contributed by atoms with Crippen LogP contribution in [0.1, 0.15) is 0 Å². The average molecular weight is 225 g/mol. The lowest BCUT2D eigenvalue weighted by Gasteiger charge is -2.15. The van der Waals surface area contributed by atoms with Gasteiger partial charge in [0.05, 0.1) is 6.51 Å². The number of hydrogen-bond donors (Lipinski definition) is 0. The average Bonchev–Trinajstić information content (AvgIpc) is 2.25.